The maximum atomic E-state index is 15.0. The summed E-state index contributed by atoms with van der Waals surface area (Å²) in [7, 11) is -3.56. The van der Waals surface area contributed by atoms with Gasteiger partial charge >= 0.3 is 6.09 Å². The van der Waals surface area contributed by atoms with Gasteiger partial charge < -0.3 is 34.8 Å². The Morgan fingerprint density at radius 3 is 2.25 bits per heavy atom. The van der Waals surface area contributed by atoms with Crippen molar-refractivity contribution in [1.82, 2.24) is 24.9 Å². The summed E-state index contributed by atoms with van der Waals surface area (Å²) in [5, 5.41) is 12.0. The highest BCUT2D eigenvalue weighted by Gasteiger charge is 2.53. The standard InChI is InChI=1S/C43H59FN6O6S/c1-31(24-47-19-21-56-22-20-47)41(51)50-28-38(29-50)57(54,55)37-11-9-36(10-12-37)49-26-32(27-49)25-46-17-13-33(14-18-46)43(30-48-15-4-16-48,34-5-2-6-35(44)23-34)39-7-3-8-40(39)45-42(52)53/h2,5-6,9-12,23,32-33,38-40,45H,1,3-4,7-8,13-22,24-30H2,(H,52,53)/t39-,40-,43-/m0/s1. The van der Waals surface area contributed by atoms with Crippen molar-refractivity contribution in [2.45, 2.75) is 60.1 Å². The number of carboxylic acid groups (broad SMARTS) is 1. The molecule has 3 atom stereocenters. The predicted molar refractivity (Wildman–Crippen MR) is 217 cm³/mol. The molecule has 310 valence electrons. The van der Waals surface area contributed by atoms with Crippen LogP contribution in [0.4, 0.5) is 14.9 Å². The Bertz CT molecular complexity index is 1870. The number of nitrogens with zero attached hydrogens (tertiary/aromatic N) is 5. The van der Waals surface area contributed by atoms with Crippen molar-refractivity contribution in [2.24, 2.45) is 17.8 Å². The molecule has 12 nitrogen and oxygen atoms in total. The van der Waals surface area contributed by atoms with Crippen LogP contribution in [0.25, 0.3) is 0 Å². The first kappa shape index (κ1) is 40.2. The normalized spacial score (nSPS) is 25.6. The van der Waals surface area contributed by atoms with E-state index >= 15 is 0 Å². The highest BCUT2D eigenvalue weighted by molar-refractivity contribution is 7.92. The number of benzene rings is 2. The lowest BCUT2D eigenvalue weighted by Crippen LogP contribution is -2.60. The molecule has 57 heavy (non-hydrogen) atoms. The van der Waals surface area contributed by atoms with E-state index in [0.29, 0.717) is 42.1 Å². The zero-order chi connectivity index (χ0) is 39.7. The Kier molecular flexibility index (Phi) is 12.0. The number of carbonyl (C=O) groups is 2. The van der Waals surface area contributed by atoms with Gasteiger partial charge in [-0.05, 0) is 112 Å². The number of hydrogen-bond donors (Lipinski definition) is 2. The molecule has 1 saturated carbocycles. The Balaban J connectivity index is 0.842. The largest absolute Gasteiger partial charge is 0.465 e. The molecule has 0 aromatic heterocycles. The Hall–Kier alpha value is -3.56. The van der Waals surface area contributed by atoms with Crippen LogP contribution in [-0.4, -0.2) is 155 Å². The molecule has 0 unspecified atom stereocenters. The molecule has 8 rings (SSSR count). The number of hydrogen-bond acceptors (Lipinski definition) is 9. The first-order valence-corrected chi connectivity index (χ1v) is 22.6. The summed E-state index contributed by atoms with van der Waals surface area (Å²) in [4.78, 5) is 36.2. The van der Waals surface area contributed by atoms with Crippen LogP contribution < -0.4 is 10.2 Å². The first-order chi connectivity index (χ1) is 27.5. The molecule has 0 radical (unpaired) electrons. The van der Waals surface area contributed by atoms with Crippen LogP contribution in [0.1, 0.15) is 44.1 Å². The Morgan fingerprint density at radius 1 is 0.877 bits per heavy atom. The molecule has 14 heteroatoms. The average Bonchev–Trinajstić information content (AvgIpc) is 3.60. The molecule has 5 heterocycles. The van der Waals surface area contributed by atoms with E-state index in [4.69, 9.17) is 4.74 Å². The van der Waals surface area contributed by atoms with Crippen LogP contribution >= 0.6 is 0 Å². The molecule has 2 amide bonds. The van der Waals surface area contributed by atoms with Crippen molar-refractivity contribution in [2.75, 3.05) is 103 Å². The molecule has 0 bridgehead atoms. The minimum atomic E-state index is -3.56. The van der Waals surface area contributed by atoms with E-state index < -0.39 is 21.2 Å². The number of ether oxygens (including phenoxy) is 1. The summed E-state index contributed by atoms with van der Waals surface area (Å²) in [5.41, 5.74) is 2.19. The molecule has 2 aromatic carbocycles. The summed E-state index contributed by atoms with van der Waals surface area (Å²) < 4.78 is 47.2. The van der Waals surface area contributed by atoms with E-state index in [9.17, 15) is 27.5 Å². The third-order valence-electron chi connectivity index (χ3n) is 14.0. The fraction of sp³-hybridized carbons (Fsp3) is 0.628. The van der Waals surface area contributed by atoms with E-state index in [1.54, 1.807) is 23.1 Å². The van der Waals surface area contributed by atoms with Crippen LogP contribution in [0.5, 0.6) is 0 Å². The van der Waals surface area contributed by atoms with Gasteiger partial charge in [-0.25, -0.2) is 17.6 Å². The summed E-state index contributed by atoms with van der Waals surface area (Å²) in [5.74, 6) is 0.526. The average molecular weight is 807 g/mol. The zero-order valence-electron chi connectivity index (χ0n) is 33.1. The molecule has 2 N–H and O–H groups in total. The number of rotatable bonds is 14. The fourth-order valence-electron chi connectivity index (χ4n) is 10.7. The summed E-state index contributed by atoms with van der Waals surface area (Å²) in [6.45, 7) is 15.3. The third kappa shape index (κ3) is 8.48. The first-order valence-electron chi connectivity index (χ1n) is 21.1. The predicted octanol–water partition coefficient (Wildman–Crippen LogP) is 3.93. The van der Waals surface area contributed by atoms with E-state index in [2.05, 4.69) is 37.6 Å². The van der Waals surface area contributed by atoms with Crippen molar-refractivity contribution in [3.8, 4) is 0 Å². The molecule has 6 fully saturated rings. The molecule has 0 spiro atoms. The van der Waals surface area contributed by atoms with Gasteiger partial charge in [-0.15, -0.1) is 0 Å². The third-order valence-corrected chi connectivity index (χ3v) is 16.1. The highest BCUT2D eigenvalue weighted by Crippen LogP contribution is 2.51. The molecule has 6 aliphatic rings. The Morgan fingerprint density at radius 2 is 1.60 bits per heavy atom. The second-order valence-electron chi connectivity index (χ2n) is 17.5. The number of amides is 2. The smallest absolute Gasteiger partial charge is 0.404 e. The monoisotopic (exact) mass is 806 g/mol. The number of sulfone groups is 1. The highest BCUT2D eigenvalue weighted by atomic mass is 32.2. The van der Waals surface area contributed by atoms with E-state index in [-0.39, 0.29) is 42.2 Å². The zero-order valence-corrected chi connectivity index (χ0v) is 33.9. The minimum Gasteiger partial charge on any atom is -0.465 e. The van der Waals surface area contributed by atoms with Crippen LogP contribution in [0.3, 0.4) is 0 Å². The van der Waals surface area contributed by atoms with Crippen molar-refractivity contribution < 1.29 is 32.2 Å². The van der Waals surface area contributed by atoms with Crippen molar-refractivity contribution >= 4 is 27.5 Å². The lowest BCUT2D eigenvalue weighted by Gasteiger charge is -2.54. The van der Waals surface area contributed by atoms with Gasteiger partial charge in [0.25, 0.3) is 5.91 Å². The second-order valence-corrected chi connectivity index (χ2v) is 19.7. The lowest BCUT2D eigenvalue weighted by atomic mass is 9.57. The number of morpholine rings is 1. The van der Waals surface area contributed by atoms with Crippen molar-refractivity contribution in [1.29, 1.82) is 0 Å². The number of likely N-dealkylation sites (tertiary alicyclic amines) is 3. The SMILES string of the molecule is C=C(CN1CCOCC1)C(=O)N1CC(S(=O)(=O)c2ccc(N3CC(CN4CCC([C@@](CN5CCC5)(c5cccc(F)c5)[C@H]5CCC[C@@H]5NC(=O)O)CC4)C3)cc2)C1. The maximum Gasteiger partial charge on any atom is 0.404 e. The summed E-state index contributed by atoms with van der Waals surface area (Å²) >= 11 is 0. The minimum absolute atomic E-state index is 0.109. The quantitative estimate of drug-likeness (QED) is 0.272. The summed E-state index contributed by atoms with van der Waals surface area (Å²) in [6.07, 6.45) is 4.89. The topological polar surface area (TPSA) is 126 Å². The van der Waals surface area contributed by atoms with Gasteiger partial charge in [0.15, 0.2) is 9.84 Å². The van der Waals surface area contributed by atoms with Crippen LogP contribution in [0.15, 0.2) is 65.6 Å². The lowest BCUT2D eigenvalue weighted by molar-refractivity contribution is -0.130. The molecule has 5 saturated heterocycles. The van der Waals surface area contributed by atoms with Gasteiger partial charge in [-0.2, -0.15) is 0 Å². The van der Waals surface area contributed by atoms with Crippen LogP contribution in [0.2, 0.25) is 0 Å². The molecule has 2 aromatic rings. The van der Waals surface area contributed by atoms with Crippen molar-refractivity contribution in [3.63, 3.8) is 0 Å². The second kappa shape index (κ2) is 17.0. The molecule has 1 aliphatic carbocycles. The van der Waals surface area contributed by atoms with Gasteiger partial charge in [0.2, 0.25) is 0 Å². The molecular formula is C43H59FN6O6S. The molecule has 5 aliphatic heterocycles. The van der Waals surface area contributed by atoms with Crippen LogP contribution in [0, 0.1) is 23.6 Å². The number of carbonyl (C=O) groups excluding carboxylic acids is 1. The fourth-order valence-corrected chi connectivity index (χ4v) is 12.4. The van der Waals surface area contributed by atoms with E-state index in [1.807, 2.05) is 18.2 Å². The summed E-state index contributed by atoms with van der Waals surface area (Å²) in [6, 6.07) is 14.2. The number of halogens is 1. The Labute approximate surface area is 336 Å². The number of piperidine rings is 1. The number of nitrogens with one attached hydrogen (secondary N) is 1. The maximum absolute atomic E-state index is 15.0. The van der Waals surface area contributed by atoms with E-state index in [1.165, 1.54) is 6.07 Å². The van der Waals surface area contributed by atoms with Gasteiger partial charge in [0.1, 0.15) is 11.1 Å². The number of anilines is 1. The van der Waals surface area contributed by atoms with Gasteiger partial charge in [0.05, 0.1) is 18.1 Å². The van der Waals surface area contributed by atoms with Gasteiger partial charge in [0, 0.05) is 87.5 Å². The molecular weight excluding hydrogens is 748 g/mol. The van der Waals surface area contributed by atoms with Gasteiger partial charge in [-0.3, -0.25) is 9.69 Å². The van der Waals surface area contributed by atoms with E-state index in [0.717, 1.165) is 115 Å². The van der Waals surface area contributed by atoms with Crippen molar-refractivity contribution in [3.05, 3.63) is 72.1 Å². The van der Waals surface area contributed by atoms with Gasteiger partial charge in [-0.1, -0.05) is 25.1 Å². The van der Waals surface area contributed by atoms with Crippen LogP contribution in [-0.2, 0) is 24.8 Å².